The molecule has 0 aliphatic carbocycles. The number of urea groups is 1. The number of unbranched alkanes of at least 4 members (excludes halogenated alkanes) is 1. The number of rotatable bonds is 15. The Hall–Kier alpha value is -4.81. The van der Waals surface area contributed by atoms with Crippen molar-refractivity contribution >= 4 is 30.0 Å². The third kappa shape index (κ3) is 12.3. The molecule has 0 unspecified atom stereocenters. The Morgan fingerprint density at radius 2 is 1.59 bits per heavy atom. The fourth-order valence-electron chi connectivity index (χ4n) is 5.33. The van der Waals surface area contributed by atoms with E-state index in [-0.39, 0.29) is 26.1 Å². The van der Waals surface area contributed by atoms with Crippen LogP contribution in [0.3, 0.4) is 0 Å². The minimum atomic E-state index is -1.01. The van der Waals surface area contributed by atoms with Crippen LogP contribution in [0.1, 0.15) is 58.9 Å². The van der Waals surface area contributed by atoms with Crippen LogP contribution in [-0.4, -0.2) is 97.9 Å². The molecule has 49 heavy (non-hydrogen) atoms. The van der Waals surface area contributed by atoms with Gasteiger partial charge in [0, 0.05) is 32.6 Å². The molecule has 1 fully saturated rings. The summed E-state index contributed by atoms with van der Waals surface area (Å²) < 4.78 is 21.3. The van der Waals surface area contributed by atoms with Crippen molar-refractivity contribution in [1.29, 1.82) is 0 Å². The Morgan fingerprint density at radius 1 is 0.939 bits per heavy atom. The molecule has 1 saturated heterocycles. The van der Waals surface area contributed by atoms with Gasteiger partial charge in [-0.1, -0.05) is 43.7 Å². The molecule has 1 heterocycles. The summed E-state index contributed by atoms with van der Waals surface area (Å²) in [5, 5.41) is 5.55. The molecule has 13 nitrogen and oxygen atoms in total. The van der Waals surface area contributed by atoms with E-state index in [1.807, 2.05) is 37.3 Å². The fraction of sp³-hybridized carbons (Fsp3) is 0.528. The quantitative estimate of drug-likeness (QED) is 0.201. The van der Waals surface area contributed by atoms with Crippen molar-refractivity contribution in [2.24, 2.45) is 5.92 Å². The zero-order valence-electron chi connectivity index (χ0n) is 29.4. The number of carbonyl (C=O) groups excluding carboxylic acids is 5. The molecule has 3 rings (SSSR count). The maximum atomic E-state index is 13.6. The van der Waals surface area contributed by atoms with Gasteiger partial charge in [0.1, 0.15) is 29.2 Å². The monoisotopic (exact) mass is 682 g/mol. The topological polar surface area (TPSA) is 153 Å². The number of amides is 4. The lowest BCUT2D eigenvalue weighted by molar-refractivity contribution is -0.146. The summed E-state index contributed by atoms with van der Waals surface area (Å²) in [6.45, 7) is 7.69. The zero-order chi connectivity index (χ0) is 36.0. The van der Waals surface area contributed by atoms with Gasteiger partial charge in [-0.25, -0.2) is 14.4 Å². The maximum absolute atomic E-state index is 13.6. The summed E-state index contributed by atoms with van der Waals surface area (Å²) >= 11 is 0. The molecule has 1 aliphatic heterocycles. The Kier molecular flexibility index (Phi) is 14.7. The smallest absolute Gasteiger partial charge is 0.410 e. The van der Waals surface area contributed by atoms with Gasteiger partial charge < -0.3 is 34.5 Å². The molecule has 268 valence electrons. The highest BCUT2D eigenvalue weighted by atomic mass is 16.6. The highest BCUT2D eigenvalue weighted by Crippen LogP contribution is 2.23. The molecule has 13 heteroatoms. The number of benzene rings is 2. The average molecular weight is 683 g/mol. The number of hydrogen-bond donors (Lipinski definition) is 2. The number of ether oxygens (including phenoxy) is 4. The number of methoxy groups -OCH3 is 2. The second kappa shape index (κ2) is 18.7. The van der Waals surface area contributed by atoms with Gasteiger partial charge in [-0.3, -0.25) is 14.5 Å². The number of nitrogens with one attached hydrogen (secondary N) is 2. The first kappa shape index (κ1) is 38.6. The normalized spacial score (nSPS) is 15.4. The van der Waals surface area contributed by atoms with Gasteiger partial charge in [0.15, 0.2) is 0 Å². The minimum absolute atomic E-state index is 0.0847. The molecule has 0 spiro atoms. The number of likely N-dealkylation sites (tertiary alicyclic amines) is 1. The van der Waals surface area contributed by atoms with E-state index in [0.29, 0.717) is 37.3 Å². The average Bonchev–Trinajstić information content (AvgIpc) is 3.58. The van der Waals surface area contributed by atoms with Crippen LogP contribution in [0.25, 0.3) is 0 Å². The van der Waals surface area contributed by atoms with Gasteiger partial charge in [-0.05, 0) is 69.9 Å². The molecular formula is C36H50N4O9. The van der Waals surface area contributed by atoms with E-state index in [1.54, 1.807) is 45.0 Å². The van der Waals surface area contributed by atoms with E-state index < -0.39 is 53.6 Å². The standard InChI is InChI=1S/C36H50N4O9/c1-7-8-20-39(24-26(32(42)46-5)23-37-31(41)30-15-12-21-40(30)35(45)49-36(2,3)4)34(44)38-29(33(43)47-6)22-25-16-18-28(19-17-25)48-27-13-10-9-11-14-27/h9-11,13-14,16-19,26,29-30H,7-8,12,15,20-24H2,1-6H3,(H,37,41)(H,38,44)/t26-,29-,30-/m0/s1. The highest BCUT2D eigenvalue weighted by molar-refractivity contribution is 5.87. The van der Waals surface area contributed by atoms with E-state index in [0.717, 1.165) is 12.0 Å². The molecule has 1 aliphatic rings. The van der Waals surface area contributed by atoms with Crippen LogP contribution in [0.5, 0.6) is 11.5 Å². The molecule has 0 bridgehead atoms. The zero-order valence-corrected chi connectivity index (χ0v) is 29.4. The molecular weight excluding hydrogens is 632 g/mol. The van der Waals surface area contributed by atoms with Crippen LogP contribution >= 0.6 is 0 Å². The lowest BCUT2D eigenvalue weighted by atomic mass is 10.1. The number of nitrogens with zero attached hydrogens (tertiary/aromatic N) is 2. The Balaban J connectivity index is 1.68. The van der Waals surface area contributed by atoms with E-state index >= 15 is 0 Å². The second-order valence-corrected chi connectivity index (χ2v) is 12.9. The third-order valence-electron chi connectivity index (χ3n) is 7.88. The SMILES string of the molecule is CCCCN(C[C@H](CNC(=O)[C@@H]1CCCN1C(=O)OC(C)(C)C)C(=O)OC)C(=O)N[C@@H](Cc1ccc(Oc2ccccc2)cc1)C(=O)OC. The third-order valence-corrected chi connectivity index (χ3v) is 7.88. The van der Waals surface area contributed by atoms with Crippen molar-refractivity contribution < 1.29 is 42.9 Å². The summed E-state index contributed by atoms with van der Waals surface area (Å²) in [4.78, 5) is 68.0. The Morgan fingerprint density at radius 3 is 2.20 bits per heavy atom. The molecule has 2 N–H and O–H groups in total. The molecule has 0 saturated carbocycles. The van der Waals surface area contributed by atoms with E-state index in [9.17, 15) is 24.0 Å². The van der Waals surface area contributed by atoms with Crippen LogP contribution in [-0.2, 0) is 35.0 Å². The van der Waals surface area contributed by atoms with Crippen LogP contribution in [0, 0.1) is 5.92 Å². The first-order valence-corrected chi connectivity index (χ1v) is 16.6. The van der Waals surface area contributed by atoms with Gasteiger partial charge in [0.25, 0.3) is 0 Å². The van der Waals surface area contributed by atoms with Crippen LogP contribution in [0.4, 0.5) is 9.59 Å². The van der Waals surface area contributed by atoms with Gasteiger partial charge in [0.2, 0.25) is 5.91 Å². The van der Waals surface area contributed by atoms with E-state index in [4.69, 9.17) is 18.9 Å². The Labute approximate surface area is 288 Å². The van der Waals surface area contributed by atoms with Crippen molar-refractivity contribution in [2.75, 3.05) is 40.4 Å². The van der Waals surface area contributed by atoms with Gasteiger partial charge in [0.05, 0.1) is 20.1 Å². The van der Waals surface area contributed by atoms with E-state index in [2.05, 4.69) is 10.6 Å². The Bertz CT molecular complexity index is 1400. The van der Waals surface area contributed by atoms with Crippen LogP contribution in [0.2, 0.25) is 0 Å². The fourth-order valence-corrected chi connectivity index (χ4v) is 5.33. The van der Waals surface area contributed by atoms with Crippen molar-refractivity contribution in [3.8, 4) is 11.5 Å². The maximum Gasteiger partial charge on any atom is 0.410 e. The minimum Gasteiger partial charge on any atom is -0.469 e. The summed E-state index contributed by atoms with van der Waals surface area (Å²) in [6.07, 6.45) is 2.06. The highest BCUT2D eigenvalue weighted by Gasteiger charge is 2.37. The summed E-state index contributed by atoms with van der Waals surface area (Å²) in [7, 11) is 2.48. The van der Waals surface area contributed by atoms with Crippen LogP contribution in [0.15, 0.2) is 54.6 Å². The second-order valence-electron chi connectivity index (χ2n) is 12.9. The molecule has 0 radical (unpaired) electrons. The molecule has 4 amide bonds. The number of hydrogen-bond acceptors (Lipinski definition) is 9. The number of esters is 2. The lowest BCUT2D eigenvalue weighted by Crippen LogP contribution is -2.53. The summed E-state index contributed by atoms with van der Waals surface area (Å²) in [5.74, 6) is -1.28. The van der Waals surface area contributed by atoms with E-state index in [1.165, 1.54) is 24.0 Å². The number of para-hydroxylation sites is 1. The molecule has 0 aromatic heterocycles. The van der Waals surface area contributed by atoms with Crippen molar-refractivity contribution in [3.05, 3.63) is 60.2 Å². The predicted octanol–water partition coefficient (Wildman–Crippen LogP) is 4.68. The van der Waals surface area contributed by atoms with Crippen molar-refractivity contribution in [2.45, 2.75) is 77.5 Å². The first-order chi connectivity index (χ1) is 23.3. The van der Waals surface area contributed by atoms with Gasteiger partial charge in [-0.15, -0.1) is 0 Å². The first-order valence-electron chi connectivity index (χ1n) is 16.6. The molecule has 2 aromatic rings. The summed E-state index contributed by atoms with van der Waals surface area (Å²) in [6, 6.07) is 14.2. The van der Waals surface area contributed by atoms with Crippen molar-refractivity contribution in [1.82, 2.24) is 20.4 Å². The molecule has 2 aromatic carbocycles. The van der Waals surface area contributed by atoms with Crippen LogP contribution < -0.4 is 15.4 Å². The van der Waals surface area contributed by atoms with Gasteiger partial charge in [-0.2, -0.15) is 0 Å². The number of carbonyl (C=O) groups is 5. The van der Waals surface area contributed by atoms with Crippen molar-refractivity contribution in [3.63, 3.8) is 0 Å². The van der Waals surface area contributed by atoms with Gasteiger partial charge >= 0.3 is 24.1 Å². The lowest BCUT2D eigenvalue weighted by Gasteiger charge is -2.30. The largest absolute Gasteiger partial charge is 0.469 e. The molecule has 3 atom stereocenters. The summed E-state index contributed by atoms with van der Waals surface area (Å²) in [5.41, 5.74) is 0.0486. The predicted molar refractivity (Wildman–Crippen MR) is 182 cm³/mol.